The summed E-state index contributed by atoms with van der Waals surface area (Å²) in [4.78, 5) is 27.7. The van der Waals surface area contributed by atoms with E-state index in [9.17, 15) is 9.59 Å². The number of nitrogens with one attached hydrogen (secondary N) is 1. The lowest BCUT2D eigenvalue weighted by molar-refractivity contribution is 0.0519. The van der Waals surface area contributed by atoms with Crippen LogP contribution < -0.4 is 0 Å². The fourth-order valence-electron chi connectivity index (χ4n) is 3.27. The van der Waals surface area contributed by atoms with E-state index in [-0.39, 0.29) is 11.7 Å². The summed E-state index contributed by atoms with van der Waals surface area (Å²) in [6, 6.07) is 7.58. The summed E-state index contributed by atoms with van der Waals surface area (Å²) in [5.41, 5.74) is 3.47. The lowest BCUT2D eigenvalue weighted by Gasteiger charge is -2.22. The molecule has 0 radical (unpaired) electrons. The molecule has 0 fully saturated rings. The second-order valence-electron chi connectivity index (χ2n) is 5.75. The zero-order valence-corrected chi connectivity index (χ0v) is 13.9. The van der Waals surface area contributed by atoms with Gasteiger partial charge in [-0.3, -0.25) is 4.79 Å². The smallest absolute Gasteiger partial charge is 0.355 e. The van der Waals surface area contributed by atoms with Crippen molar-refractivity contribution in [1.82, 2.24) is 4.98 Å². The van der Waals surface area contributed by atoms with Gasteiger partial charge in [0, 0.05) is 22.7 Å². The third-order valence-corrected chi connectivity index (χ3v) is 4.66. The van der Waals surface area contributed by atoms with Gasteiger partial charge in [-0.25, -0.2) is 4.79 Å². The van der Waals surface area contributed by atoms with Gasteiger partial charge in [0.1, 0.15) is 5.69 Å². The minimum Gasteiger partial charge on any atom is -0.461 e. The molecular weight excluding hydrogens is 314 g/mol. The number of benzene rings is 1. The van der Waals surface area contributed by atoms with Gasteiger partial charge in [-0.2, -0.15) is 0 Å². The van der Waals surface area contributed by atoms with E-state index in [0.29, 0.717) is 41.3 Å². The SMILES string of the molecule is CCOC(=O)c1[nH]c2c(c1C)C(=O)C[C@H](c1ccccc1Cl)C2. The highest BCUT2D eigenvalue weighted by molar-refractivity contribution is 6.31. The zero-order chi connectivity index (χ0) is 16.6. The summed E-state index contributed by atoms with van der Waals surface area (Å²) in [7, 11) is 0. The zero-order valence-electron chi connectivity index (χ0n) is 13.1. The van der Waals surface area contributed by atoms with Crippen LogP contribution in [0.1, 0.15) is 56.9 Å². The minimum atomic E-state index is -0.415. The molecule has 1 aliphatic carbocycles. The van der Waals surface area contributed by atoms with Gasteiger partial charge in [-0.1, -0.05) is 29.8 Å². The quantitative estimate of drug-likeness (QED) is 0.863. The monoisotopic (exact) mass is 331 g/mol. The molecule has 1 heterocycles. The predicted molar refractivity (Wildman–Crippen MR) is 88.3 cm³/mol. The van der Waals surface area contributed by atoms with Gasteiger partial charge in [-0.05, 0) is 43.4 Å². The first-order valence-corrected chi connectivity index (χ1v) is 8.06. The first-order valence-electron chi connectivity index (χ1n) is 7.69. The molecule has 1 aromatic carbocycles. The molecule has 3 rings (SSSR count). The maximum Gasteiger partial charge on any atom is 0.355 e. The number of H-pyrrole nitrogens is 1. The molecule has 1 atom stereocenters. The molecule has 1 aromatic heterocycles. The van der Waals surface area contributed by atoms with Gasteiger partial charge in [0.2, 0.25) is 0 Å². The Morgan fingerprint density at radius 2 is 2.09 bits per heavy atom. The van der Waals surface area contributed by atoms with Crippen LogP contribution in [0.2, 0.25) is 5.02 Å². The van der Waals surface area contributed by atoms with Crippen molar-refractivity contribution in [2.24, 2.45) is 0 Å². The van der Waals surface area contributed by atoms with Crippen molar-refractivity contribution < 1.29 is 14.3 Å². The van der Waals surface area contributed by atoms with Gasteiger partial charge < -0.3 is 9.72 Å². The number of aromatic amines is 1. The molecule has 0 bridgehead atoms. The van der Waals surface area contributed by atoms with E-state index < -0.39 is 5.97 Å². The largest absolute Gasteiger partial charge is 0.461 e. The van der Waals surface area contributed by atoms with Crippen LogP contribution in [-0.2, 0) is 11.2 Å². The third-order valence-electron chi connectivity index (χ3n) is 4.31. The average molecular weight is 332 g/mol. The number of Topliss-reactive ketones (excluding diaryl/α,β-unsaturated/α-hetero) is 1. The Morgan fingerprint density at radius 1 is 1.35 bits per heavy atom. The highest BCUT2D eigenvalue weighted by atomic mass is 35.5. The number of fused-ring (bicyclic) bond motifs is 1. The molecule has 120 valence electrons. The number of carbonyl (C=O) groups is 2. The molecule has 1 N–H and O–H groups in total. The summed E-state index contributed by atoms with van der Waals surface area (Å²) in [6.45, 7) is 3.85. The number of hydrogen-bond donors (Lipinski definition) is 1. The van der Waals surface area contributed by atoms with Gasteiger partial charge >= 0.3 is 5.97 Å². The summed E-state index contributed by atoms with van der Waals surface area (Å²) < 4.78 is 5.05. The van der Waals surface area contributed by atoms with Crippen molar-refractivity contribution in [3.63, 3.8) is 0 Å². The number of ether oxygens (including phenoxy) is 1. The molecule has 0 unspecified atom stereocenters. The molecular formula is C18H18ClNO3. The number of rotatable bonds is 3. The lowest BCUT2D eigenvalue weighted by Crippen LogP contribution is -2.18. The highest BCUT2D eigenvalue weighted by Crippen LogP contribution is 2.37. The second kappa shape index (κ2) is 6.20. The van der Waals surface area contributed by atoms with Crippen molar-refractivity contribution in [3.8, 4) is 0 Å². The summed E-state index contributed by atoms with van der Waals surface area (Å²) in [6.07, 6.45) is 1.06. The maximum absolute atomic E-state index is 12.6. The Kier molecular flexibility index (Phi) is 4.26. The van der Waals surface area contributed by atoms with E-state index in [2.05, 4.69) is 4.98 Å². The fourth-order valence-corrected chi connectivity index (χ4v) is 3.56. The lowest BCUT2D eigenvalue weighted by atomic mass is 9.81. The number of hydrogen-bond acceptors (Lipinski definition) is 3. The van der Waals surface area contributed by atoms with Crippen molar-refractivity contribution in [2.75, 3.05) is 6.61 Å². The Bertz CT molecular complexity index is 779. The van der Waals surface area contributed by atoms with Crippen LogP contribution in [0, 0.1) is 6.92 Å². The van der Waals surface area contributed by atoms with Gasteiger partial charge in [0.25, 0.3) is 0 Å². The average Bonchev–Trinajstić information content (AvgIpc) is 2.85. The summed E-state index contributed by atoms with van der Waals surface area (Å²) >= 11 is 6.26. The van der Waals surface area contributed by atoms with Crippen molar-refractivity contribution >= 4 is 23.4 Å². The van der Waals surface area contributed by atoms with Crippen LogP contribution in [0.4, 0.5) is 0 Å². The Balaban J connectivity index is 1.98. The normalized spacial score (nSPS) is 17.0. The van der Waals surface area contributed by atoms with E-state index in [1.54, 1.807) is 13.8 Å². The molecule has 1 aliphatic rings. The van der Waals surface area contributed by atoms with Crippen LogP contribution in [0.3, 0.4) is 0 Å². The van der Waals surface area contributed by atoms with E-state index >= 15 is 0 Å². The molecule has 23 heavy (non-hydrogen) atoms. The first kappa shape index (κ1) is 15.8. The van der Waals surface area contributed by atoms with Gasteiger partial charge in [0.15, 0.2) is 5.78 Å². The van der Waals surface area contributed by atoms with E-state index in [1.807, 2.05) is 24.3 Å². The van der Waals surface area contributed by atoms with E-state index in [4.69, 9.17) is 16.3 Å². The molecule has 2 aromatic rings. The topological polar surface area (TPSA) is 59.2 Å². The Hall–Kier alpha value is -2.07. The van der Waals surface area contributed by atoms with Gasteiger partial charge in [0.05, 0.1) is 6.61 Å². The number of ketones is 1. The van der Waals surface area contributed by atoms with Crippen molar-refractivity contribution in [3.05, 3.63) is 57.4 Å². The molecule has 0 spiro atoms. The highest BCUT2D eigenvalue weighted by Gasteiger charge is 2.32. The fraction of sp³-hybridized carbons (Fsp3) is 0.333. The molecule has 4 nitrogen and oxygen atoms in total. The van der Waals surface area contributed by atoms with Gasteiger partial charge in [-0.15, -0.1) is 0 Å². The predicted octanol–water partition coefficient (Wildman–Crippen LogP) is 4.07. The minimum absolute atomic E-state index is 0.0248. The first-order chi connectivity index (χ1) is 11.0. The number of carbonyl (C=O) groups excluding carboxylic acids is 2. The second-order valence-corrected chi connectivity index (χ2v) is 6.16. The van der Waals surface area contributed by atoms with Crippen LogP contribution in [-0.4, -0.2) is 23.3 Å². The summed E-state index contributed by atoms with van der Waals surface area (Å²) in [5, 5.41) is 0.669. The Morgan fingerprint density at radius 3 is 2.78 bits per heavy atom. The van der Waals surface area contributed by atoms with Crippen LogP contribution in [0.25, 0.3) is 0 Å². The molecule has 0 saturated heterocycles. The van der Waals surface area contributed by atoms with Crippen molar-refractivity contribution in [2.45, 2.75) is 32.6 Å². The van der Waals surface area contributed by atoms with Crippen LogP contribution in [0.15, 0.2) is 24.3 Å². The van der Waals surface area contributed by atoms with Crippen LogP contribution in [0.5, 0.6) is 0 Å². The molecule has 0 saturated carbocycles. The standard InChI is InChI=1S/C18H18ClNO3/c1-3-23-18(22)17-10(2)16-14(20-17)8-11(9-15(16)21)12-6-4-5-7-13(12)19/h4-7,11,20H,3,8-9H2,1-2H3/t11-/m1/s1. The number of aromatic nitrogens is 1. The van der Waals surface area contributed by atoms with E-state index in [1.165, 1.54) is 0 Å². The Labute approximate surface area is 139 Å². The van der Waals surface area contributed by atoms with Crippen molar-refractivity contribution in [1.29, 1.82) is 0 Å². The number of halogens is 1. The summed E-state index contributed by atoms with van der Waals surface area (Å²) in [5.74, 6) is -0.348. The maximum atomic E-state index is 12.6. The van der Waals surface area contributed by atoms with E-state index in [0.717, 1.165) is 11.3 Å². The third kappa shape index (κ3) is 2.79. The number of esters is 1. The molecule has 5 heteroatoms. The van der Waals surface area contributed by atoms with Crippen LogP contribution >= 0.6 is 11.6 Å². The molecule has 0 aliphatic heterocycles. The molecule has 0 amide bonds.